The summed E-state index contributed by atoms with van der Waals surface area (Å²) in [7, 11) is -4.39. The second-order valence-corrected chi connectivity index (χ2v) is 5.67. The molecule has 1 unspecified atom stereocenters. The van der Waals surface area contributed by atoms with E-state index in [2.05, 4.69) is 4.18 Å². The number of aryl methyl sites for hydroxylation is 1. The zero-order chi connectivity index (χ0) is 14.0. The minimum absolute atomic E-state index is 0.101. The van der Waals surface area contributed by atoms with Crippen molar-refractivity contribution in [1.82, 2.24) is 0 Å². The lowest BCUT2D eigenvalue weighted by molar-refractivity contribution is 0.246. The molecule has 1 aromatic carbocycles. The Morgan fingerprint density at radius 3 is 2.95 bits per heavy atom. The second kappa shape index (κ2) is 5.36. The molecule has 0 bridgehead atoms. The molecule has 0 saturated heterocycles. The number of ether oxygens (including phenoxy) is 1. The summed E-state index contributed by atoms with van der Waals surface area (Å²) in [5, 5.41) is 0. The molecule has 0 spiro atoms. The van der Waals surface area contributed by atoms with E-state index in [9.17, 15) is 8.42 Å². The average molecular weight is 287 g/mol. The maximum absolute atomic E-state index is 10.5. The van der Waals surface area contributed by atoms with Crippen molar-refractivity contribution < 1.29 is 21.9 Å². The van der Waals surface area contributed by atoms with E-state index < -0.39 is 10.4 Å². The quantitative estimate of drug-likeness (QED) is 0.844. The fraction of sp³-hybridized carbons (Fsp3) is 0.500. The molecule has 0 fully saturated rings. The van der Waals surface area contributed by atoms with Crippen molar-refractivity contribution in [1.29, 1.82) is 0 Å². The lowest BCUT2D eigenvalue weighted by atomic mass is 10.1. The lowest BCUT2D eigenvalue weighted by Crippen LogP contribution is -2.43. The van der Waals surface area contributed by atoms with Gasteiger partial charge in [0.1, 0.15) is 12.4 Å². The van der Waals surface area contributed by atoms with E-state index in [4.69, 9.17) is 9.29 Å². The zero-order valence-corrected chi connectivity index (χ0v) is 11.7. The first-order valence-corrected chi connectivity index (χ1v) is 7.35. The summed E-state index contributed by atoms with van der Waals surface area (Å²) in [4.78, 5) is 2.01. The Bertz CT molecular complexity index is 557. The van der Waals surface area contributed by atoms with E-state index in [1.807, 2.05) is 36.9 Å². The number of hydrogen-bond donors (Lipinski definition) is 1. The summed E-state index contributed by atoms with van der Waals surface area (Å²) in [6.45, 7) is 4.75. The van der Waals surface area contributed by atoms with E-state index in [1.165, 1.54) is 0 Å². The molecule has 19 heavy (non-hydrogen) atoms. The van der Waals surface area contributed by atoms with Gasteiger partial charge in [-0.1, -0.05) is 6.07 Å². The molecule has 6 nitrogen and oxygen atoms in total. The van der Waals surface area contributed by atoms with Crippen LogP contribution in [0.4, 0.5) is 5.69 Å². The molecular weight excluding hydrogens is 270 g/mol. The van der Waals surface area contributed by atoms with Crippen LogP contribution in [0.5, 0.6) is 5.75 Å². The summed E-state index contributed by atoms with van der Waals surface area (Å²) in [5.41, 5.74) is 2.01. The number of nitrogens with zero attached hydrogens (tertiary/aromatic N) is 1. The Hall–Kier alpha value is -1.31. The minimum atomic E-state index is -4.39. The SMILES string of the molecule is Cc1ccc2c(c1)N(CCOS(=O)(=O)O)C(C)CO2. The molecule has 0 radical (unpaired) electrons. The Morgan fingerprint density at radius 2 is 2.26 bits per heavy atom. The Kier molecular flexibility index (Phi) is 3.98. The van der Waals surface area contributed by atoms with Gasteiger partial charge in [-0.3, -0.25) is 4.55 Å². The summed E-state index contributed by atoms with van der Waals surface area (Å²) in [6.07, 6.45) is 0. The summed E-state index contributed by atoms with van der Waals surface area (Å²) < 4.78 is 39.6. The van der Waals surface area contributed by atoms with Crippen LogP contribution in [0, 0.1) is 6.92 Å². The van der Waals surface area contributed by atoms with Crippen molar-refractivity contribution in [2.45, 2.75) is 19.9 Å². The molecule has 0 amide bonds. The third-order valence-corrected chi connectivity index (χ3v) is 3.46. The largest absolute Gasteiger partial charge is 0.489 e. The molecule has 1 aromatic rings. The van der Waals surface area contributed by atoms with Crippen molar-refractivity contribution in [2.24, 2.45) is 0 Å². The van der Waals surface area contributed by atoms with Gasteiger partial charge in [-0.05, 0) is 31.5 Å². The number of anilines is 1. The van der Waals surface area contributed by atoms with Gasteiger partial charge in [-0.25, -0.2) is 4.18 Å². The summed E-state index contributed by atoms with van der Waals surface area (Å²) >= 11 is 0. The minimum Gasteiger partial charge on any atom is -0.489 e. The van der Waals surface area contributed by atoms with Crippen LogP contribution in [0.2, 0.25) is 0 Å². The molecule has 106 valence electrons. The van der Waals surface area contributed by atoms with Crippen LogP contribution >= 0.6 is 0 Å². The third kappa shape index (κ3) is 3.59. The highest BCUT2D eigenvalue weighted by molar-refractivity contribution is 7.80. The molecule has 1 aliphatic rings. The van der Waals surface area contributed by atoms with Crippen LogP contribution in [0.25, 0.3) is 0 Å². The fourth-order valence-corrected chi connectivity index (χ4v) is 2.38. The van der Waals surface area contributed by atoms with E-state index >= 15 is 0 Å². The maximum atomic E-state index is 10.5. The molecule has 0 saturated carbocycles. The normalized spacial score (nSPS) is 18.9. The number of hydrogen-bond acceptors (Lipinski definition) is 5. The van der Waals surface area contributed by atoms with E-state index in [0.717, 1.165) is 17.0 Å². The van der Waals surface area contributed by atoms with E-state index in [0.29, 0.717) is 13.2 Å². The number of fused-ring (bicyclic) bond motifs is 1. The van der Waals surface area contributed by atoms with Gasteiger partial charge in [0, 0.05) is 6.54 Å². The van der Waals surface area contributed by atoms with Gasteiger partial charge in [0.25, 0.3) is 0 Å². The lowest BCUT2D eigenvalue weighted by Gasteiger charge is -2.36. The Balaban J connectivity index is 2.14. The van der Waals surface area contributed by atoms with Crippen molar-refractivity contribution >= 4 is 16.1 Å². The van der Waals surface area contributed by atoms with Crippen LogP contribution in [-0.4, -0.2) is 38.8 Å². The Morgan fingerprint density at radius 1 is 1.53 bits per heavy atom. The van der Waals surface area contributed by atoms with Crippen LogP contribution in [0.3, 0.4) is 0 Å². The highest BCUT2D eigenvalue weighted by atomic mass is 32.3. The summed E-state index contributed by atoms with van der Waals surface area (Å²) in [6, 6.07) is 5.95. The monoisotopic (exact) mass is 287 g/mol. The van der Waals surface area contributed by atoms with E-state index in [-0.39, 0.29) is 12.6 Å². The molecule has 0 aliphatic carbocycles. The van der Waals surface area contributed by atoms with Crippen molar-refractivity contribution in [3.05, 3.63) is 23.8 Å². The van der Waals surface area contributed by atoms with Crippen LogP contribution in [0.1, 0.15) is 12.5 Å². The molecular formula is C12H17NO5S. The third-order valence-electron chi connectivity index (χ3n) is 3.00. The van der Waals surface area contributed by atoms with Gasteiger partial charge in [-0.2, -0.15) is 8.42 Å². The fourth-order valence-electron chi connectivity index (χ4n) is 2.09. The first-order chi connectivity index (χ1) is 8.87. The van der Waals surface area contributed by atoms with Gasteiger partial charge in [0.15, 0.2) is 0 Å². The van der Waals surface area contributed by atoms with E-state index in [1.54, 1.807) is 0 Å². The van der Waals surface area contributed by atoms with Gasteiger partial charge in [-0.15, -0.1) is 0 Å². The average Bonchev–Trinajstić information content (AvgIpc) is 2.30. The van der Waals surface area contributed by atoms with Crippen molar-refractivity contribution in [3.63, 3.8) is 0 Å². The zero-order valence-electron chi connectivity index (χ0n) is 10.9. The van der Waals surface area contributed by atoms with Crippen LogP contribution in [-0.2, 0) is 14.6 Å². The highest BCUT2D eigenvalue weighted by Gasteiger charge is 2.24. The van der Waals surface area contributed by atoms with Crippen LogP contribution in [0.15, 0.2) is 18.2 Å². The van der Waals surface area contributed by atoms with Crippen molar-refractivity contribution in [2.75, 3.05) is 24.7 Å². The molecule has 7 heteroatoms. The maximum Gasteiger partial charge on any atom is 0.397 e. The van der Waals surface area contributed by atoms with Gasteiger partial charge < -0.3 is 9.64 Å². The van der Waals surface area contributed by atoms with Gasteiger partial charge >= 0.3 is 10.4 Å². The van der Waals surface area contributed by atoms with Gasteiger partial charge in [0.2, 0.25) is 0 Å². The first kappa shape index (κ1) is 14.1. The number of rotatable bonds is 4. The van der Waals surface area contributed by atoms with Crippen molar-refractivity contribution in [3.8, 4) is 5.75 Å². The molecule has 1 N–H and O–H groups in total. The molecule has 2 rings (SSSR count). The smallest absolute Gasteiger partial charge is 0.397 e. The molecule has 1 atom stereocenters. The van der Waals surface area contributed by atoms with Gasteiger partial charge in [0.05, 0.1) is 18.3 Å². The van der Waals surface area contributed by atoms with Crippen LogP contribution < -0.4 is 9.64 Å². The predicted octanol–water partition coefficient (Wildman–Crippen LogP) is 1.40. The summed E-state index contributed by atoms with van der Waals surface area (Å²) in [5.74, 6) is 0.774. The Labute approximate surface area is 112 Å². The topological polar surface area (TPSA) is 76.1 Å². The predicted molar refractivity (Wildman–Crippen MR) is 71.0 cm³/mol. The molecule has 1 aliphatic heterocycles. The molecule has 0 aromatic heterocycles. The number of benzene rings is 1. The first-order valence-electron chi connectivity index (χ1n) is 5.99. The highest BCUT2D eigenvalue weighted by Crippen LogP contribution is 2.34. The second-order valence-electron chi connectivity index (χ2n) is 4.57. The standard InChI is InChI=1S/C12H17NO5S/c1-9-3-4-12-11(7-9)13(10(2)8-17-12)5-6-18-19(14,15)16/h3-4,7,10H,5-6,8H2,1-2H3,(H,14,15,16). The molecule has 1 heterocycles.